The fourth-order valence-corrected chi connectivity index (χ4v) is 2.19. The molecular formula is C17H33N5O3. The second kappa shape index (κ2) is 11.8. The zero-order valence-corrected chi connectivity index (χ0v) is 15.9. The molecule has 0 aliphatic rings. The number of carbonyl (C=O) groups excluding carboxylic acids is 1. The molecule has 0 radical (unpaired) electrons. The highest BCUT2D eigenvalue weighted by molar-refractivity contribution is 5.67. The van der Waals surface area contributed by atoms with E-state index in [1.54, 1.807) is 4.68 Å². The minimum atomic E-state index is -0.815. The lowest BCUT2D eigenvalue weighted by atomic mass is 10.1. The number of nitrogens with zero attached hydrogens (tertiary/aromatic N) is 4. The fraction of sp³-hybridized carbons (Fsp3) is 0.824. The summed E-state index contributed by atoms with van der Waals surface area (Å²) in [4.78, 5) is 13.6. The van der Waals surface area contributed by atoms with Crippen molar-refractivity contribution >= 4 is 6.09 Å². The van der Waals surface area contributed by atoms with Gasteiger partial charge in [-0.3, -0.25) is 0 Å². The van der Waals surface area contributed by atoms with Crippen molar-refractivity contribution in [2.24, 2.45) is 5.92 Å². The van der Waals surface area contributed by atoms with Gasteiger partial charge in [0, 0.05) is 19.3 Å². The molecule has 144 valence electrons. The van der Waals surface area contributed by atoms with Gasteiger partial charge in [0.1, 0.15) is 12.7 Å². The summed E-state index contributed by atoms with van der Waals surface area (Å²) in [7, 11) is 2.06. The quantitative estimate of drug-likeness (QED) is 0.554. The van der Waals surface area contributed by atoms with Crippen LogP contribution in [0, 0.1) is 5.92 Å². The third kappa shape index (κ3) is 10.0. The van der Waals surface area contributed by atoms with Crippen molar-refractivity contribution in [2.75, 3.05) is 26.7 Å². The number of ether oxygens (including phenoxy) is 1. The van der Waals surface area contributed by atoms with Crippen molar-refractivity contribution in [3.05, 3.63) is 11.9 Å². The molecule has 2 N–H and O–H groups in total. The van der Waals surface area contributed by atoms with Crippen LogP contribution in [0.1, 0.15) is 45.7 Å². The summed E-state index contributed by atoms with van der Waals surface area (Å²) < 4.78 is 6.56. The summed E-state index contributed by atoms with van der Waals surface area (Å²) in [5, 5.41) is 20.7. The van der Waals surface area contributed by atoms with Crippen molar-refractivity contribution in [1.82, 2.24) is 25.2 Å². The van der Waals surface area contributed by atoms with Gasteiger partial charge in [-0.1, -0.05) is 32.4 Å². The van der Waals surface area contributed by atoms with Gasteiger partial charge in [-0.2, -0.15) is 0 Å². The maximum atomic E-state index is 11.4. The topological polar surface area (TPSA) is 92.5 Å². The van der Waals surface area contributed by atoms with Crippen LogP contribution in [0.25, 0.3) is 0 Å². The number of aliphatic hydroxyl groups excluding tert-OH is 1. The molecule has 0 saturated heterocycles. The molecular weight excluding hydrogens is 322 g/mol. The summed E-state index contributed by atoms with van der Waals surface area (Å²) in [5.74, 6) is 0.674. The lowest BCUT2D eigenvalue weighted by Crippen LogP contribution is -2.30. The normalized spacial score (nSPS) is 12.6. The maximum absolute atomic E-state index is 11.4. The first-order chi connectivity index (χ1) is 11.9. The molecule has 0 spiro atoms. The Balaban J connectivity index is 2.28. The maximum Gasteiger partial charge on any atom is 0.407 e. The van der Waals surface area contributed by atoms with Gasteiger partial charge in [-0.05, 0) is 32.4 Å². The Labute approximate surface area is 150 Å². The van der Waals surface area contributed by atoms with Crippen molar-refractivity contribution in [3.8, 4) is 0 Å². The molecule has 0 fully saturated rings. The van der Waals surface area contributed by atoms with Crippen molar-refractivity contribution in [1.29, 1.82) is 0 Å². The minimum absolute atomic E-state index is 0.0680. The summed E-state index contributed by atoms with van der Waals surface area (Å²) in [6, 6.07) is 0. The largest absolute Gasteiger partial charge is 0.447 e. The molecule has 0 aromatic carbocycles. The van der Waals surface area contributed by atoms with Crippen LogP contribution in [0.2, 0.25) is 0 Å². The Bertz CT molecular complexity index is 492. The molecule has 0 saturated carbocycles. The van der Waals surface area contributed by atoms with Crippen LogP contribution in [0.3, 0.4) is 0 Å². The number of unbranched alkanes of at least 4 members (excludes halogenated alkanes) is 1. The Morgan fingerprint density at radius 3 is 2.92 bits per heavy atom. The van der Waals surface area contributed by atoms with Gasteiger partial charge in [0.25, 0.3) is 0 Å². The summed E-state index contributed by atoms with van der Waals surface area (Å²) in [6.45, 7) is 8.95. The number of rotatable bonds is 12. The van der Waals surface area contributed by atoms with Gasteiger partial charge >= 0.3 is 6.09 Å². The first kappa shape index (κ1) is 21.4. The highest BCUT2D eigenvalue weighted by Gasteiger charge is 2.12. The van der Waals surface area contributed by atoms with Crippen LogP contribution < -0.4 is 5.32 Å². The lowest BCUT2D eigenvalue weighted by Gasteiger charge is -2.16. The monoisotopic (exact) mass is 355 g/mol. The molecule has 25 heavy (non-hydrogen) atoms. The predicted octanol–water partition coefficient (Wildman–Crippen LogP) is 1.64. The van der Waals surface area contributed by atoms with Crippen molar-refractivity contribution < 1.29 is 14.6 Å². The van der Waals surface area contributed by atoms with E-state index in [9.17, 15) is 9.90 Å². The van der Waals surface area contributed by atoms with Crippen molar-refractivity contribution in [2.45, 2.75) is 59.2 Å². The smallest absolute Gasteiger partial charge is 0.407 e. The molecule has 1 unspecified atom stereocenters. The van der Waals surface area contributed by atoms with Crippen molar-refractivity contribution in [3.63, 3.8) is 0 Å². The number of aromatic nitrogens is 3. The Morgan fingerprint density at radius 2 is 2.24 bits per heavy atom. The Kier molecular flexibility index (Phi) is 10.1. The third-order valence-electron chi connectivity index (χ3n) is 3.71. The molecule has 1 heterocycles. The Hall–Kier alpha value is -1.67. The van der Waals surface area contributed by atoms with E-state index in [4.69, 9.17) is 4.74 Å². The van der Waals surface area contributed by atoms with Gasteiger partial charge in [-0.25, -0.2) is 9.48 Å². The van der Waals surface area contributed by atoms with E-state index in [1.165, 1.54) is 0 Å². The summed E-state index contributed by atoms with van der Waals surface area (Å²) >= 11 is 0. The van der Waals surface area contributed by atoms with E-state index in [2.05, 4.69) is 41.4 Å². The van der Waals surface area contributed by atoms with Gasteiger partial charge in [-0.15, -0.1) is 5.10 Å². The van der Waals surface area contributed by atoms with Gasteiger partial charge in [0.05, 0.1) is 12.2 Å². The first-order valence-electron chi connectivity index (χ1n) is 9.07. The van der Waals surface area contributed by atoms with Gasteiger partial charge in [0.2, 0.25) is 0 Å². The summed E-state index contributed by atoms with van der Waals surface area (Å²) in [5.41, 5.74) is 0.858. The van der Waals surface area contributed by atoms with Crippen LogP contribution in [-0.2, 0) is 17.8 Å². The average molecular weight is 355 g/mol. The van der Waals surface area contributed by atoms with Gasteiger partial charge < -0.3 is 20.1 Å². The molecule has 0 bridgehead atoms. The molecule has 1 aromatic rings. The average Bonchev–Trinajstić information content (AvgIpc) is 2.98. The van der Waals surface area contributed by atoms with E-state index in [0.717, 1.165) is 38.0 Å². The standard InChI is InChI=1S/C17H33N5O3/c1-5-6-8-18-17(24)25-13-16(23)12-22-11-15(19-20-22)10-21(4)9-7-14(2)3/h11,14,16,23H,5-10,12-13H2,1-4H3,(H,18,24). The Morgan fingerprint density at radius 1 is 1.48 bits per heavy atom. The summed E-state index contributed by atoms with van der Waals surface area (Å²) in [6.07, 6.45) is 3.55. The molecule has 1 atom stereocenters. The molecule has 1 aromatic heterocycles. The number of amides is 1. The molecule has 8 nitrogen and oxygen atoms in total. The number of hydrogen-bond acceptors (Lipinski definition) is 6. The van der Waals surface area contributed by atoms with Gasteiger partial charge in [0.15, 0.2) is 0 Å². The van der Waals surface area contributed by atoms with E-state index in [-0.39, 0.29) is 13.2 Å². The zero-order chi connectivity index (χ0) is 18.7. The number of alkyl carbamates (subject to hydrolysis) is 1. The van der Waals surface area contributed by atoms with Crippen LogP contribution in [0.15, 0.2) is 6.20 Å². The molecule has 1 amide bonds. The number of carbonyl (C=O) groups is 1. The van der Waals surface area contributed by atoms with Crippen LogP contribution in [0.5, 0.6) is 0 Å². The highest BCUT2D eigenvalue weighted by atomic mass is 16.6. The molecule has 1 rings (SSSR count). The number of aliphatic hydroxyl groups is 1. The van der Waals surface area contributed by atoms with E-state index >= 15 is 0 Å². The van der Waals surface area contributed by atoms with Crippen LogP contribution >= 0.6 is 0 Å². The first-order valence-corrected chi connectivity index (χ1v) is 9.07. The molecule has 8 heteroatoms. The van der Waals surface area contributed by atoms with E-state index < -0.39 is 12.2 Å². The van der Waals surface area contributed by atoms with E-state index in [1.807, 2.05) is 13.1 Å². The second-order valence-corrected chi connectivity index (χ2v) is 6.88. The molecule has 0 aliphatic carbocycles. The highest BCUT2D eigenvalue weighted by Crippen LogP contribution is 2.04. The second-order valence-electron chi connectivity index (χ2n) is 6.88. The predicted molar refractivity (Wildman–Crippen MR) is 96.1 cm³/mol. The SMILES string of the molecule is CCCCNC(=O)OCC(O)Cn1cc(CN(C)CCC(C)C)nn1. The minimum Gasteiger partial charge on any atom is -0.447 e. The molecule has 0 aliphatic heterocycles. The van der Waals surface area contributed by atoms with Crippen LogP contribution in [0.4, 0.5) is 4.79 Å². The number of nitrogens with one attached hydrogen (secondary N) is 1. The van der Waals surface area contributed by atoms with E-state index in [0.29, 0.717) is 12.5 Å². The number of hydrogen-bond donors (Lipinski definition) is 2. The fourth-order valence-electron chi connectivity index (χ4n) is 2.19. The lowest BCUT2D eigenvalue weighted by molar-refractivity contribution is 0.0563. The zero-order valence-electron chi connectivity index (χ0n) is 15.9. The third-order valence-corrected chi connectivity index (χ3v) is 3.71. The van der Waals surface area contributed by atoms with Crippen LogP contribution in [-0.4, -0.2) is 63.9 Å².